The quantitative estimate of drug-likeness (QED) is 0.605. The Morgan fingerprint density at radius 3 is 2.69 bits per heavy atom. The van der Waals surface area contributed by atoms with Crippen molar-refractivity contribution in [3.8, 4) is 11.6 Å². The van der Waals surface area contributed by atoms with Crippen LogP contribution >= 0.6 is 0 Å². The fourth-order valence-electron chi connectivity index (χ4n) is 2.48. The summed E-state index contributed by atoms with van der Waals surface area (Å²) in [6, 6.07) is 18.2. The minimum atomic E-state index is -0.347. The molecule has 0 atom stereocenters. The largest absolute Gasteiger partial charge is 0.437 e. The smallest absolute Gasteiger partial charge is 0.262 e. The van der Waals surface area contributed by atoms with Crippen LogP contribution in [0.2, 0.25) is 0 Å². The molecule has 3 aromatic heterocycles. The second-order valence-electron chi connectivity index (χ2n) is 5.49. The summed E-state index contributed by atoms with van der Waals surface area (Å²) in [5.74, 6) is 0.826. The van der Waals surface area contributed by atoms with Crippen LogP contribution in [0, 0.1) is 0 Å². The molecule has 1 N–H and O–H groups in total. The number of rotatable bonds is 4. The lowest BCUT2D eigenvalue weighted by atomic mass is 10.2. The highest BCUT2D eigenvalue weighted by atomic mass is 16.5. The number of carbonyl (C=O) groups is 1. The highest BCUT2D eigenvalue weighted by molar-refractivity contribution is 6.05. The van der Waals surface area contributed by atoms with E-state index < -0.39 is 0 Å². The number of hydrogen-bond acceptors (Lipinski definition) is 5. The van der Waals surface area contributed by atoms with Crippen LogP contribution in [0.15, 0.2) is 79.3 Å². The van der Waals surface area contributed by atoms with Crippen molar-refractivity contribution in [2.45, 2.75) is 0 Å². The van der Waals surface area contributed by atoms with E-state index in [2.05, 4.69) is 20.3 Å². The zero-order chi connectivity index (χ0) is 17.8. The van der Waals surface area contributed by atoms with Gasteiger partial charge in [-0.3, -0.25) is 9.78 Å². The van der Waals surface area contributed by atoms with Crippen molar-refractivity contribution >= 4 is 22.6 Å². The normalized spacial score (nSPS) is 10.5. The Morgan fingerprint density at radius 2 is 1.81 bits per heavy atom. The summed E-state index contributed by atoms with van der Waals surface area (Å²) < 4.78 is 5.68. The molecule has 0 radical (unpaired) electrons. The van der Waals surface area contributed by atoms with Gasteiger partial charge in [-0.05, 0) is 42.5 Å². The van der Waals surface area contributed by atoms with Crippen LogP contribution in [0.3, 0.4) is 0 Å². The Hall–Kier alpha value is -3.80. The van der Waals surface area contributed by atoms with Crippen molar-refractivity contribution in [2.24, 2.45) is 0 Å². The summed E-state index contributed by atoms with van der Waals surface area (Å²) in [5.41, 5.74) is 1.12. The van der Waals surface area contributed by atoms with E-state index in [1.807, 2.05) is 30.3 Å². The van der Waals surface area contributed by atoms with E-state index >= 15 is 0 Å². The van der Waals surface area contributed by atoms with Crippen LogP contribution in [0.25, 0.3) is 10.9 Å². The van der Waals surface area contributed by atoms with Gasteiger partial charge >= 0.3 is 0 Å². The van der Waals surface area contributed by atoms with Crippen LogP contribution in [0.4, 0.5) is 5.82 Å². The maximum Gasteiger partial charge on any atom is 0.262 e. The number of fused-ring (bicyclic) bond motifs is 1. The highest BCUT2D eigenvalue weighted by Crippen LogP contribution is 2.23. The third-order valence-electron chi connectivity index (χ3n) is 3.70. The molecule has 0 saturated heterocycles. The number of carbonyl (C=O) groups excluding carboxylic acids is 1. The van der Waals surface area contributed by atoms with E-state index in [0.29, 0.717) is 17.1 Å². The zero-order valence-corrected chi connectivity index (χ0v) is 13.7. The lowest BCUT2D eigenvalue weighted by Gasteiger charge is -2.10. The Kier molecular flexibility index (Phi) is 4.22. The van der Waals surface area contributed by atoms with Gasteiger partial charge in [-0.25, -0.2) is 9.97 Å². The number of ether oxygens (including phenoxy) is 1. The molecule has 6 heteroatoms. The van der Waals surface area contributed by atoms with Gasteiger partial charge in [-0.1, -0.05) is 18.2 Å². The van der Waals surface area contributed by atoms with Gasteiger partial charge in [0.25, 0.3) is 5.91 Å². The van der Waals surface area contributed by atoms with E-state index in [4.69, 9.17) is 4.74 Å². The number of para-hydroxylation sites is 1. The van der Waals surface area contributed by atoms with E-state index in [0.717, 1.165) is 10.9 Å². The molecule has 1 aromatic carbocycles. The number of amides is 1. The third-order valence-corrected chi connectivity index (χ3v) is 3.70. The van der Waals surface area contributed by atoms with E-state index in [9.17, 15) is 4.79 Å². The molecule has 126 valence electrons. The molecule has 4 aromatic rings. The molecule has 0 bridgehead atoms. The molecule has 26 heavy (non-hydrogen) atoms. The minimum absolute atomic E-state index is 0.207. The molecule has 0 fully saturated rings. The molecule has 0 aliphatic heterocycles. The molecule has 6 nitrogen and oxygen atoms in total. The first-order valence-corrected chi connectivity index (χ1v) is 8.00. The molecule has 0 aliphatic rings. The van der Waals surface area contributed by atoms with Crippen molar-refractivity contribution in [3.63, 3.8) is 0 Å². The summed E-state index contributed by atoms with van der Waals surface area (Å²) in [4.78, 5) is 25.3. The predicted molar refractivity (Wildman–Crippen MR) is 98.2 cm³/mol. The van der Waals surface area contributed by atoms with Crippen molar-refractivity contribution in [3.05, 3.63) is 84.8 Å². The Morgan fingerprint density at radius 1 is 0.923 bits per heavy atom. The van der Waals surface area contributed by atoms with Crippen LogP contribution < -0.4 is 10.1 Å². The van der Waals surface area contributed by atoms with Gasteiger partial charge in [0.15, 0.2) is 0 Å². The highest BCUT2D eigenvalue weighted by Gasteiger charge is 2.15. The lowest BCUT2D eigenvalue weighted by molar-refractivity contribution is 0.102. The summed E-state index contributed by atoms with van der Waals surface area (Å²) in [6.07, 6.45) is 4.77. The molecule has 0 aliphatic carbocycles. The van der Waals surface area contributed by atoms with E-state index in [1.165, 1.54) is 0 Å². The number of benzene rings is 1. The molecule has 0 spiro atoms. The Balaban J connectivity index is 1.59. The maximum atomic E-state index is 12.7. The zero-order valence-electron chi connectivity index (χ0n) is 13.7. The molecular formula is C20H14N4O2. The molecule has 0 saturated carbocycles. The maximum absolute atomic E-state index is 12.7. The summed E-state index contributed by atoms with van der Waals surface area (Å²) >= 11 is 0. The van der Waals surface area contributed by atoms with Crippen LogP contribution in [-0.2, 0) is 0 Å². The third kappa shape index (κ3) is 3.34. The van der Waals surface area contributed by atoms with Gasteiger partial charge in [-0.2, -0.15) is 0 Å². The van der Waals surface area contributed by atoms with Crippen molar-refractivity contribution < 1.29 is 9.53 Å². The number of pyridine rings is 3. The number of anilines is 1. The van der Waals surface area contributed by atoms with Crippen LogP contribution in [0.1, 0.15) is 10.4 Å². The fourth-order valence-corrected chi connectivity index (χ4v) is 2.48. The Bertz CT molecular complexity index is 1070. The van der Waals surface area contributed by atoms with Gasteiger partial charge in [0, 0.05) is 17.8 Å². The summed E-state index contributed by atoms with van der Waals surface area (Å²) in [5, 5.41) is 3.80. The van der Waals surface area contributed by atoms with Crippen LogP contribution in [0.5, 0.6) is 11.6 Å². The van der Waals surface area contributed by atoms with E-state index in [1.54, 1.807) is 48.9 Å². The number of nitrogens with one attached hydrogen (secondary N) is 1. The van der Waals surface area contributed by atoms with Crippen molar-refractivity contribution in [1.82, 2.24) is 15.0 Å². The van der Waals surface area contributed by atoms with Gasteiger partial charge in [-0.15, -0.1) is 0 Å². The number of hydrogen-bond donors (Lipinski definition) is 1. The van der Waals surface area contributed by atoms with Crippen molar-refractivity contribution in [2.75, 3.05) is 5.32 Å². The monoisotopic (exact) mass is 342 g/mol. The van der Waals surface area contributed by atoms with E-state index in [-0.39, 0.29) is 11.8 Å². The first-order valence-electron chi connectivity index (χ1n) is 8.00. The first kappa shape index (κ1) is 15.7. The topological polar surface area (TPSA) is 77.0 Å². The van der Waals surface area contributed by atoms with Crippen LogP contribution in [-0.4, -0.2) is 20.9 Å². The fraction of sp³-hybridized carbons (Fsp3) is 0. The summed E-state index contributed by atoms with van der Waals surface area (Å²) in [7, 11) is 0. The molecule has 0 unspecified atom stereocenters. The van der Waals surface area contributed by atoms with Crippen molar-refractivity contribution in [1.29, 1.82) is 0 Å². The number of nitrogens with zero attached hydrogens (tertiary/aromatic N) is 3. The van der Waals surface area contributed by atoms with Gasteiger partial charge in [0.05, 0.1) is 11.7 Å². The molecular weight excluding hydrogens is 328 g/mol. The first-order chi connectivity index (χ1) is 12.8. The second kappa shape index (κ2) is 6.98. The molecule has 1 amide bonds. The minimum Gasteiger partial charge on any atom is -0.437 e. The molecule has 4 rings (SSSR count). The second-order valence-corrected chi connectivity index (χ2v) is 5.49. The standard InChI is InChI=1S/C20H14N4O2/c25-19(24-18-10-9-14-5-1-2-8-17(14)23-18)16-7-4-12-22-20(16)26-15-6-3-11-21-13-15/h1-13H,(H,23,24,25). The SMILES string of the molecule is O=C(Nc1ccc2ccccc2n1)c1cccnc1Oc1cccnc1. The average molecular weight is 342 g/mol. The number of aromatic nitrogens is 3. The predicted octanol–water partition coefficient (Wildman–Crippen LogP) is 4.07. The van der Waals surface area contributed by atoms with Gasteiger partial charge in [0.1, 0.15) is 17.1 Å². The Labute approximate surface area is 149 Å². The summed E-state index contributed by atoms with van der Waals surface area (Å²) in [6.45, 7) is 0. The average Bonchev–Trinajstić information content (AvgIpc) is 2.69. The lowest BCUT2D eigenvalue weighted by Crippen LogP contribution is -2.14. The molecule has 3 heterocycles. The van der Waals surface area contributed by atoms with Gasteiger partial charge in [0.2, 0.25) is 5.88 Å². The van der Waals surface area contributed by atoms with Gasteiger partial charge < -0.3 is 10.1 Å².